The molecule has 0 aliphatic carbocycles. The summed E-state index contributed by atoms with van der Waals surface area (Å²) >= 11 is 0. The third-order valence-electron chi connectivity index (χ3n) is 3.20. The summed E-state index contributed by atoms with van der Waals surface area (Å²) in [6.45, 7) is 4.47. The summed E-state index contributed by atoms with van der Waals surface area (Å²) in [7, 11) is 0. The van der Waals surface area contributed by atoms with E-state index in [0.29, 0.717) is 5.92 Å². The van der Waals surface area contributed by atoms with Crippen molar-refractivity contribution in [3.63, 3.8) is 0 Å². The molecule has 0 spiro atoms. The lowest BCUT2D eigenvalue weighted by Gasteiger charge is -2.06. The fourth-order valence-corrected chi connectivity index (χ4v) is 2.05. The van der Waals surface area contributed by atoms with Crippen molar-refractivity contribution in [1.29, 1.82) is 0 Å². The van der Waals surface area contributed by atoms with Crippen molar-refractivity contribution in [3.8, 4) is 11.1 Å². The summed E-state index contributed by atoms with van der Waals surface area (Å²) < 4.78 is 5.68. The van der Waals surface area contributed by atoms with Crippen LogP contribution in [-0.4, -0.2) is 0 Å². The maximum Gasteiger partial charge on any atom is 0.107 e. The van der Waals surface area contributed by atoms with Crippen molar-refractivity contribution in [3.05, 3.63) is 48.4 Å². The molecule has 90 valence electrons. The van der Waals surface area contributed by atoms with E-state index < -0.39 is 0 Å². The molecule has 0 saturated heterocycles. The largest absolute Gasteiger partial charge is 0.468 e. The average molecular weight is 228 g/mol. The Balaban J connectivity index is 2.11. The minimum absolute atomic E-state index is 0.521. The summed E-state index contributed by atoms with van der Waals surface area (Å²) in [5.74, 6) is 1.63. The van der Waals surface area contributed by atoms with Gasteiger partial charge in [0, 0.05) is 11.5 Å². The molecule has 0 fully saturated rings. The smallest absolute Gasteiger partial charge is 0.107 e. The molecule has 2 aromatic rings. The molecular formula is C16H20O. The molecule has 1 aromatic heterocycles. The van der Waals surface area contributed by atoms with E-state index >= 15 is 0 Å². The van der Waals surface area contributed by atoms with E-state index in [1.54, 1.807) is 0 Å². The second-order valence-corrected chi connectivity index (χ2v) is 4.65. The van der Waals surface area contributed by atoms with Crippen LogP contribution in [0.3, 0.4) is 0 Å². The molecular weight excluding hydrogens is 208 g/mol. The van der Waals surface area contributed by atoms with Crippen LogP contribution in [0.2, 0.25) is 0 Å². The van der Waals surface area contributed by atoms with Crippen molar-refractivity contribution >= 4 is 0 Å². The first-order chi connectivity index (χ1) is 8.31. The van der Waals surface area contributed by atoms with Gasteiger partial charge in [0.2, 0.25) is 0 Å². The van der Waals surface area contributed by atoms with Gasteiger partial charge in [0.15, 0.2) is 0 Å². The van der Waals surface area contributed by atoms with Gasteiger partial charge < -0.3 is 4.42 Å². The molecule has 0 aliphatic rings. The number of furan rings is 1. The lowest BCUT2D eigenvalue weighted by atomic mass is 10.0. The Bertz CT molecular complexity index is 442. The van der Waals surface area contributed by atoms with Crippen LogP contribution in [0.4, 0.5) is 0 Å². The molecule has 0 aliphatic heterocycles. The summed E-state index contributed by atoms with van der Waals surface area (Å²) in [6, 6.07) is 12.6. The Morgan fingerprint density at radius 1 is 1.12 bits per heavy atom. The van der Waals surface area contributed by atoms with Crippen molar-refractivity contribution in [2.75, 3.05) is 0 Å². The molecule has 17 heavy (non-hydrogen) atoms. The molecule has 0 radical (unpaired) electrons. The number of hydrogen-bond donors (Lipinski definition) is 0. The highest BCUT2D eigenvalue weighted by Gasteiger charge is 2.10. The van der Waals surface area contributed by atoms with Crippen molar-refractivity contribution in [2.24, 2.45) is 0 Å². The molecule has 1 heteroatoms. The van der Waals surface area contributed by atoms with Gasteiger partial charge in [-0.1, -0.05) is 57.0 Å². The molecule has 0 saturated carbocycles. The zero-order chi connectivity index (χ0) is 12.1. The van der Waals surface area contributed by atoms with Crippen LogP contribution in [0.1, 0.15) is 44.8 Å². The Hall–Kier alpha value is -1.50. The van der Waals surface area contributed by atoms with Crippen molar-refractivity contribution in [1.82, 2.24) is 0 Å². The van der Waals surface area contributed by atoms with Crippen LogP contribution in [0.15, 0.2) is 47.1 Å². The minimum atomic E-state index is 0.521. The van der Waals surface area contributed by atoms with Gasteiger partial charge in [-0.05, 0) is 18.1 Å². The monoisotopic (exact) mass is 228 g/mol. The van der Waals surface area contributed by atoms with Gasteiger partial charge in [0.05, 0.1) is 6.26 Å². The van der Waals surface area contributed by atoms with E-state index in [2.05, 4.69) is 44.2 Å². The molecule has 0 bridgehead atoms. The van der Waals surface area contributed by atoms with Gasteiger partial charge in [0.1, 0.15) is 5.76 Å². The molecule has 2 rings (SSSR count). The average Bonchev–Trinajstić information content (AvgIpc) is 2.86. The SMILES string of the molecule is CCCC[C@@H](C)c1cc(-c2ccccc2)co1. The normalized spacial score (nSPS) is 12.6. The quantitative estimate of drug-likeness (QED) is 0.682. The number of unbranched alkanes of at least 4 members (excludes halogenated alkanes) is 1. The van der Waals surface area contributed by atoms with Crippen LogP contribution in [0.5, 0.6) is 0 Å². The van der Waals surface area contributed by atoms with E-state index in [-0.39, 0.29) is 0 Å². The first kappa shape index (κ1) is 12.0. The van der Waals surface area contributed by atoms with Crippen molar-refractivity contribution < 1.29 is 4.42 Å². The Labute approximate surface area is 103 Å². The molecule has 1 nitrogen and oxygen atoms in total. The lowest BCUT2D eigenvalue weighted by Crippen LogP contribution is -1.90. The lowest BCUT2D eigenvalue weighted by molar-refractivity contribution is 0.454. The molecule has 0 N–H and O–H groups in total. The first-order valence-electron chi connectivity index (χ1n) is 6.45. The van der Waals surface area contributed by atoms with Gasteiger partial charge in [0.25, 0.3) is 0 Å². The molecule has 0 unspecified atom stereocenters. The number of benzene rings is 1. The van der Waals surface area contributed by atoms with Gasteiger partial charge in [-0.15, -0.1) is 0 Å². The molecule has 1 aromatic carbocycles. The van der Waals surface area contributed by atoms with Gasteiger partial charge in [-0.25, -0.2) is 0 Å². The van der Waals surface area contributed by atoms with E-state index in [4.69, 9.17) is 4.42 Å². The van der Waals surface area contributed by atoms with Crippen LogP contribution >= 0.6 is 0 Å². The first-order valence-corrected chi connectivity index (χ1v) is 6.45. The third-order valence-corrected chi connectivity index (χ3v) is 3.20. The third kappa shape index (κ3) is 3.00. The van der Waals surface area contributed by atoms with Crippen LogP contribution in [0, 0.1) is 0 Å². The Morgan fingerprint density at radius 2 is 1.88 bits per heavy atom. The van der Waals surface area contributed by atoms with Crippen molar-refractivity contribution in [2.45, 2.75) is 39.0 Å². The predicted octanol–water partition coefficient (Wildman–Crippen LogP) is 5.24. The topological polar surface area (TPSA) is 13.1 Å². The van der Waals surface area contributed by atoms with Crippen LogP contribution in [-0.2, 0) is 0 Å². The highest BCUT2D eigenvalue weighted by molar-refractivity contribution is 5.62. The highest BCUT2D eigenvalue weighted by atomic mass is 16.3. The molecule has 0 amide bonds. The maximum atomic E-state index is 5.68. The Kier molecular flexibility index (Phi) is 4.03. The summed E-state index contributed by atoms with van der Waals surface area (Å²) in [4.78, 5) is 0. The molecule has 1 atom stereocenters. The summed E-state index contributed by atoms with van der Waals surface area (Å²) in [5, 5.41) is 0. The predicted molar refractivity (Wildman–Crippen MR) is 72.1 cm³/mol. The van der Waals surface area contributed by atoms with E-state index in [9.17, 15) is 0 Å². The van der Waals surface area contributed by atoms with Gasteiger partial charge >= 0.3 is 0 Å². The summed E-state index contributed by atoms with van der Waals surface area (Å²) in [6.07, 6.45) is 5.59. The second-order valence-electron chi connectivity index (χ2n) is 4.65. The van der Waals surface area contributed by atoms with E-state index in [1.165, 1.54) is 30.4 Å². The number of hydrogen-bond acceptors (Lipinski definition) is 1. The fourth-order valence-electron chi connectivity index (χ4n) is 2.05. The van der Waals surface area contributed by atoms with E-state index in [1.807, 2.05) is 12.3 Å². The standard InChI is InChI=1S/C16H20O/c1-3-4-8-13(2)16-11-15(12-17-16)14-9-6-5-7-10-14/h5-7,9-13H,3-4,8H2,1-2H3/t13-/m1/s1. The van der Waals surface area contributed by atoms with Gasteiger partial charge in [-0.2, -0.15) is 0 Å². The van der Waals surface area contributed by atoms with Crippen LogP contribution < -0.4 is 0 Å². The Morgan fingerprint density at radius 3 is 2.59 bits per heavy atom. The summed E-state index contributed by atoms with van der Waals surface area (Å²) in [5.41, 5.74) is 2.41. The maximum absolute atomic E-state index is 5.68. The van der Waals surface area contributed by atoms with E-state index in [0.717, 1.165) is 5.76 Å². The zero-order valence-electron chi connectivity index (χ0n) is 10.6. The number of rotatable bonds is 5. The van der Waals surface area contributed by atoms with Gasteiger partial charge in [-0.3, -0.25) is 0 Å². The second kappa shape index (κ2) is 5.72. The highest BCUT2D eigenvalue weighted by Crippen LogP contribution is 2.28. The minimum Gasteiger partial charge on any atom is -0.468 e. The fraction of sp³-hybridized carbons (Fsp3) is 0.375. The molecule has 1 heterocycles. The zero-order valence-corrected chi connectivity index (χ0v) is 10.6. The van der Waals surface area contributed by atoms with Crippen LogP contribution in [0.25, 0.3) is 11.1 Å².